The summed E-state index contributed by atoms with van der Waals surface area (Å²) in [6.07, 6.45) is 0. The zero-order valence-corrected chi connectivity index (χ0v) is 14.5. The van der Waals surface area contributed by atoms with Crippen molar-refractivity contribution in [3.63, 3.8) is 0 Å². The molecule has 23 heavy (non-hydrogen) atoms. The number of nitrogens with zero attached hydrogens (tertiary/aromatic N) is 1. The number of benzene rings is 2. The molecule has 0 fully saturated rings. The average molecular weight is 392 g/mol. The van der Waals surface area contributed by atoms with Crippen molar-refractivity contribution in [1.29, 1.82) is 0 Å². The van der Waals surface area contributed by atoms with Gasteiger partial charge in [0, 0.05) is 14.9 Å². The van der Waals surface area contributed by atoms with Crippen LogP contribution in [0.5, 0.6) is 0 Å². The number of nitrogens with one attached hydrogen (secondary N) is 1. The first-order valence-electron chi connectivity index (χ1n) is 6.82. The summed E-state index contributed by atoms with van der Waals surface area (Å²) in [4.78, 5) is 12.1. The van der Waals surface area contributed by atoms with E-state index >= 15 is 0 Å². The Balaban J connectivity index is 1.94. The van der Waals surface area contributed by atoms with Crippen molar-refractivity contribution in [2.45, 2.75) is 6.92 Å². The highest BCUT2D eigenvalue weighted by Gasteiger charge is 2.08. The maximum absolute atomic E-state index is 12.1. The fourth-order valence-corrected chi connectivity index (χ4v) is 2.58. The lowest BCUT2D eigenvalue weighted by Crippen LogP contribution is -2.13. The number of rotatable bonds is 3. The molecule has 116 valence electrons. The minimum atomic E-state index is -0.418. The summed E-state index contributed by atoms with van der Waals surface area (Å²) in [7, 11) is 0. The van der Waals surface area contributed by atoms with Gasteiger partial charge in [-0.15, -0.1) is 0 Å². The highest BCUT2D eigenvalue weighted by atomic mass is 79.9. The molecule has 0 aliphatic rings. The quantitative estimate of drug-likeness (QED) is 0.386. The Morgan fingerprint density at radius 2 is 1.91 bits per heavy atom. The molecule has 0 aliphatic carbocycles. The van der Waals surface area contributed by atoms with Gasteiger partial charge in [0.05, 0.1) is 17.0 Å². The predicted octanol–water partition coefficient (Wildman–Crippen LogP) is 5.05. The van der Waals surface area contributed by atoms with Crippen LogP contribution in [-0.4, -0.2) is 5.71 Å². The Morgan fingerprint density at radius 3 is 2.65 bits per heavy atom. The molecule has 0 unspecified atom stereocenters. The van der Waals surface area contributed by atoms with Crippen LogP contribution >= 0.6 is 27.5 Å². The summed E-state index contributed by atoms with van der Waals surface area (Å²) in [6, 6.07) is 14.4. The largest absolute Gasteiger partial charge is 0.422 e. The second kappa shape index (κ2) is 6.56. The average Bonchev–Trinajstić information content (AvgIpc) is 2.54. The molecule has 0 bridgehead atoms. The molecule has 0 aliphatic heterocycles. The van der Waals surface area contributed by atoms with Gasteiger partial charge in [-0.05, 0) is 55.5 Å². The minimum Gasteiger partial charge on any atom is -0.422 e. The van der Waals surface area contributed by atoms with E-state index in [4.69, 9.17) is 16.0 Å². The molecule has 3 aromatic rings. The summed E-state index contributed by atoms with van der Waals surface area (Å²) in [5.41, 5.74) is 4.75. The standard InChI is InChI=1S/C17H12BrClN2O2/c1-10(20-21-14-5-3-13(19)4-6-14)15-9-11-8-12(18)2-7-16(11)23-17(15)22/h2-9,21H,1H3/b20-10+. The van der Waals surface area contributed by atoms with Crippen molar-refractivity contribution < 1.29 is 4.42 Å². The maximum Gasteiger partial charge on any atom is 0.345 e. The number of anilines is 1. The first-order valence-corrected chi connectivity index (χ1v) is 8.00. The van der Waals surface area contributed by atoms with E-state index in [2.05, 4.69) is 26.5 Å². The monoisotopic (exact) mass is 390 g/mol. The third-order valence-corrected chi connectivity index (χ3v) is 4.03. The van der Waals surface area contributed by atoms with Crippen molar-refractivity contribution in [3.8, 4) is 0 Å². The topological polar surface area (TPSA) is 54.6 Å². The van der Waals surface area contributed by atoms with Crippen LogP contribution in [0.2, 0.25) is 5.02 Å². The van der Waals surface area contributed by atoms with Gasteiger partial charge in [0.25, 0.3) is 0 Å². The molecular weight excluding hydrogens is 380 g/mol. The van der Waals surface area contributed by atoms with Gasteiger partial charge < -0.3 is 4.42 Å². The highest BCUT2D eigenvalue weighted by molar-refractivity contribution is 9.10. The zero-order valence-electron chi connectivity index (χ0n) is 12.1. The molecule has 1 N–H and O–H groups in total. The number of hydrogen-bond acceptors (Lipinski definition) is 4. The van der Waals surface area contributed by atoms with Gasteiger partial charge in [0.2, 0.25) is 0 Å². The SMILES string of the molecule is C/C(=N\Nc1ccc(Cl)cc1)c1cc2cc(Br)ccc2oc1=O. The van der Waals surface area contributed by atoms with Crippen LogP contribution in [-0.2, 0) is 0 Å². The molecule has 0 radical (unpaired) electrons. The molecule has 1 aromatic heterocycles. The van der Waals surface area contributed by atoms with Crippen LogP contribution in [0.3, 0.4) is 0 Å². The number of halogens is 2. The molecule has 0 amide bonds. The highest BCUT2D eigenvalue weighted by Crippen LogP contribution is 2.19. The van der Waals surface area contributed by atoms with Gasteiger partial charge in [-0.25, -0.2) is 4.79 Å². The summed E-state index contributed by atoms with van der Waals surface area (Å²) in [6.45, 7) is 1.75. The summed E-state index contributed by atoms with van der Waals surface area (Å²) < 4.78 is 6.25. The van der Waals surface area contributed by atoms with Gasteiger partial charge in [-0.1, -0.05) is 27.5 Å². The third kappa shape index (κ3) is 3.63. The molecule has 3 rings (SSSR count). The molecule has 1 heterocycles. The Labute approximate surface area is 145 Å². The minimum absolute atomic E-state index is 0.414. The predicted molar refractivity (Wildman–Crippen MR) is 97.5 cm³/mol. The van der Waals surface area contributed by atoms with E-state index in [1.54, 1.807) is 43.3 Å². The van der Waals surface area contributed by atoms with Crippen molar-refractivity contribution in [2.24, 2.45) is 5.10 Å². The van der Waals surface area contributed by atoms with Crippen LogP contribution in [0.4, 0.5) is 5.69 Å². The zero-order chi connectivity index (χ0) is 16.4. The van der Waals surface area contributed by atoms with Crippen molar-refractivity contribution >= 4 is 49.9 Å². The number of hydrogen-bond donors (Lipinski definition) is 1. The third-order valence-electron chi connectivity index (χ3n) is 3.28. The summed E-state index contributed by atoms with van der Waals surface area (Å²) >= 11 is 9.24. The lowest BCUT2D eigenvalue weighted by atomic mass is 10.1. The van der Waals surface area contributed by atoms with E-state index in [-0.39, 0.29) is 0 Å². The van der Waals surface area contributed by atoms with Crippen LogP contribution in [0, 0.1) is 0 Å². The van der Waals surface area contributed by atoms with E-state index in [1.807, 2.05) is 12.1 Å². The second-order valence-corrected chi connectivity index (χ2v) is 6.30. The molecule has 0 atom stereocenters. The van der Waals surface area contributed by atoms with E-state index in [1.165, 1.54) is 0 Å². The van der Waals surface area contributed by atoms with E-state index in [9.17, 15) is 4.79 Å². The maximum atomic E-state index is 12.1. The summed E-state index contributed by atoms with van der Waals surface area (Å²) in [5, 5.41) is 5.71. The Bertz CT molecular complexity index is 949. The Kier molecular flexibility index (Phi) is 4.50. The van der Waals surface area contributed by atoms with Gasteiger partial charge >= 0.3 is 5.63 Å². The van der Waals surface area contributed by atoms with Gasteiger partial charge in [0.1, 0.15) is 5.58 Å². The molecule has 6 heteroatoms. The molecule has 4 nitrogen and oxygen atoms in total. The lowest BCUT2D eigenvalue weighted by molar-refractivity contribution is 0.559. The summed E-state index contributed by atoms with van der Waals surface area (Å²) in [5.74, 6) is 0. The van der Waals surface area contributed by atoms with Crippen molar-refractivity contribution in [1.82, 2.24) is 0 Å². The van der Waals surface area contributed by atoms with Gasteiger partial charge in [0.15, 0.2) is 0 Å². The molecule has 0 saturated heterocycles. The van der Waals surface area contributed by atoms with E-state index < -0.39 is 5.63 Å². The lowest BCUT2D eigenvalue weighted by Gasteiger charge is -2.04. The van der Waals surface area contributed by atoms with Gasteiger partial charge in [-0.3, -0.25) is 5.43 Å². The first-order chi connectivity index (χ1) is 11.0. The van der Waals surface area contributed by atoms with Gasteiger partial charge in [-0.2, -0.15) is 5.10 Å². The fourth-order valence-electron chi connectivity index (χ4n) is 2.08. The molecule has 0 spiro atoms. The molecule has 0 saturated carbocycles. The van der Waals surface area contributed by atoms with Crippen LogP contribution in [0.1, 0.15) is 12.5 Å². The van der Waals surface area contributed by atoms with E-state index in [0.29, 0.717) is 21.9 Å². The van der Waals surface area contributed by atoms with Crippen LogP contribution in [0.25, 0.3) is 11.0 Å². The number of hydrazone groups is 1. The molecule has 2 aromatic carbocycles. The van der Waals surface area contributed by atoms with Crippen molar-refractivity contribution in [2.75, 3.05) is 5.43 Å². The van der Waals surface area contributed by atoms with Crippen molar-refractivity contribution in [3.05, 3.63) is 74.0 Å². The van der Waals surface area contributed by atoms with E-state index in [0.717, 1.165) is 15.5 Å². The Hall–Kier alpha value is -2.11. The number of fused-ring (bicyclic) bond motifs is 1. The van der Waals surface area contributed by atoms with Crippen LogP contribution < -0.4 is 11.1 Å². The second-order valence-electron chi connectivity index (χ2n) is 4.95. The fraction of sp³-hybridized carbons (Fsp3) is 0.0588. The first kappa shape index (κ1) is 15.8. The Morgan fingerprint density at radius 1 is 1.17 bits per heavy atom. The van der Waals surface area contributed by atoms with Crippen LogP contribution in [0.15, 0.2) is 67.3 Å². The smallest absolute Gasteiger partial charge is 0.345 e. The normalized spacial score (nSPS) is 11.7. The molecular formula is C17H12BrClN2O2.